The number of carbonyl (C=O) groups is 2. The molecule has 0 spiro atoms. The van der Waals surface area contributed by atoms with Crippen LogP contribution in [-0.4, -0.2) is 42.9 Å². The van der Waals surface area contributed by atoms with Crippen LogP contribution in [0.3, 0.4) is 0 Å². The Morgan fingerprint density at radius 2 is 1.88 bits per heavy atom. The average Bonchev–Trinajstić information content (AvgIpc) is 2.97. The maximum atomic E-state index is 12.7. The van der Waals surface area contributed by atoms with Gasteiger partial charge in [0.05, 0.1) is 23.3 Å². The highest BCUT2D eigenvalue weighted by molar-refractivity contribution is 6.33. The van der Waals surface area contributed by atoms with E-state index in [1.54, 1.807) is 22.9 Å². The van der Waals surface area contributed by atoms with Gasteiger partial charge in [0.25, 0.3) is 0 Å². The number of halogens is 1. The van der Waals surface area contributed by atoms with E-state index >= 15 is 0 Å². The molecule has 2 aromatic carbocycles. The third-order valence-corrected chi connectivity index (χ3v) is 4.62. The smallest absolute Gasteiger partial charge is 0.244 e. The Labute approximate surface area is 152 Å². The van der Waals surface area contributed by atoms with Crippen LogP contribution in [0.15, 0.2) is 54.6 Å². The van der Waals surface area contributed by atoms with Crippen molar-refractivity contribution in [1.29, 1.82) is 0 Å². The summed E-state index contributed by atoms with van der Waals surface area (Å²) in [5.74, 6) is -0.166. The zero-order chi connectivity index (χ0) is 17.8. The molecular weight excluding hydrogens is 338 g/mol. The summed E-state index contributed by atoms with van der Waals surface area (Å²) in [5.41, 5.74) is 1.47. The Bertz CT molecular complexity index is 766. The van der Waals surface area contributed by atoms with Crippen LogP contribution >= 0.6 is 11.6 Å². The molecule has 0 aromatic heterocycles. The summed E-state index contributed by atoms with van der Waals surface area (Å²) in [5, 5.41) is 3.39. The molecule has 1 unspecified atom stereocenters. The summed E-state index contributed by atoms with van der Waals surface area (Å²) >= 11 is 6.20. The molecule has 1 aliphatic heterocycles. The van der Waals surface area contributed by atoms with Crippen LogP contribution in [-0.2, 0) is 9.59 Å². The van der Waals surface area contributed by atoms with Gasteiger partial charge in [-0.3, -0.25) is 14.5 Å². The number of hydrogen-bond acceptors (Lipinski definition) is 3. The van der Waals surface area contributed by atoms with E-state index in [0.717, 1.165) is 11.4 Å². The molecular formula is C19H20ClN3O2. The number of likely N-dealkylation sites (N-methyl/N-ethyl adjacent to an activating group) is 1. The minimum Gasteiger partial charge on any atom is -0.325 e. The van der Waals surface area contributed by atoms with E-state index in [1.165, 1.54) is 0 Å². The fraction of sp³-hybridized carbons (Fsp3) is 0.263. The van der Waals surface area contributed by atoms with Gasteiger partial charge < -0.3 is 10.2 Å². The number of nitrogens with one attached hydrogen (secondary N) is 1. The van der Waals surface area contributed by atoms with Crippen molar-refractivity contribution >= 4 is 34.8 Å². The fourth-order valence-corrected chi connectivity index (χ4v) is 3.28. The monoisotopic (exact) mass is 357 g/mol. The van der Waals surface area contributed by atoms with Gasteiger partial charge in [-0.15, -0.1) is 0 Å². The molecule has 0 bridgehead atoms. The number of rotatable bonds is 5. The predicted molar refractivity (Wildman–Crippen MR) is 99.9 cm³/mol. The second-order valence-corrected chi connectivity index (χ2v) is 6.48. The molecule has 1 heterocycles. The zero-order valence-corrected chi connectivity index (χ0v) is 14.7. The van der Waals surface area contributed by atoms with Gasteiger partial charge in [0.1, 0.15) is 0 Å². The molecule has 1 N–H and O–H groups in total. The van der Waals surface area contributed by atoms with Crippen LogP contribution < -0.4 is 10.2 Å². The van der Waals surface area contributed by atoms with Gasteiger partial charge >= 0.3 is 0 Å². The van der Waals surface area contributed by atoms with Crippen molar-refractivity contribution in [3.05, 3.63) is 59.6 Å². The molecule has 1 aliphatic rings. The minimum absolute atomic E-state index is 0.0249. The largest absolute Gasteiger partial charge is 0.325 e. The molecule has 0 aliphatic carbocycles. The molecule has 5 nitrogen and oxygen atoms in total. The van der Waals surface area contributed by atoms with Crippen LogP contribution in [0.4, 0.5) is 11.4 Å². The summed E-state index contributed by atoms with van der Waals surface area (Å²) in [6, 6.07) is 16.3. The Morgan fingerprint density at radius 1 is 1.20 bits per heavy atom. The normalized spacial score (nSPS) is 17.2. The summed E-state index contributed by atoms with van der Waals surface area (Å²) in [6.07, 6.45) is 0.666. The van der Waals surface area contributed by atoms with Crippen molar-refractivity contribution in [2.24, 2.45) is 0 Å². The molecule has 0 saturated carbocycles. The van der Waals surface area contributed by atoms with Gasteiger partial charge in [-0.1, -0.05) is 41.9 Å². The summed E-state index contributed by atoms with van der Waals surface area (Å²) in [7, 11) is 1.79. The number of benzene rings is 2. The first-order chi connectivity index (χ1) is 12.1. The molecule has 1 fully saturated rings. The summed E-state index contributed by atoms with van der Waals surface area (Å²) in [4.78, 5) is 28.4. The van der Waals surface area contributed by atoms with E-state index in [-0.39, 0.29) is 24.4 Å². The molecule has 2 amide bonds. The van der Waals surface area contributed by atoms with Crippen molar-refractivity contribution in [3.8, 4) is 0 Å². The number of anilines is 2. The molecule has 0 radical (unpaired) electrons. The van der Waals surface area contributed by atoms with Crippen molar-refractivity contribution < 1.29 is 9.59 Å². The second kappa shape index (κ2) is 7.68. The molecule has 1 saturated heterocycles. The van der Waals surface area contributed by atoms with E-state index < -0.39 is 0 Å². The van der Waals surface area contributed by atoms with Crippen molar-refractivity contribution in [3.63, 3.8) is 0 Å². The van der Waals surface area contributed by atoms with Crippen LogP contribution in [0, 0.1) is 0 Å². The first-order valence-corrected chi connectivity index (χ1v) is 8.55. The highest BCUT2D eigenvalue weighted by Gasteiger charge is 2.36. The average molecular weight is 358 g/mol. The molecule has 3 rings (SSSR count). The lowest BCUT2D eigenvalue weighted by molar-refractivity contribution is -0.123. The van der Waals surface area contributed by atoms with E-state index in [0.29, 0.717) is 18.0 Å². The van der Waals surface area contributed by atoms with E-state index in [1.807, 2.05) is 48.5 Å². The first kappa shape index (κ1) is 17.5. The van der Waals surface area contributed by atoms with Gasteiger partial charge in [-0.2, -0.15) is 0 Å². The Balaban J connectivity index is 1.61. The molecule has 2 aromatic rings. The highest BCUT2D eigenvalue weighted by atomic mass is 35.5. The van der Waals surface area contributed by atoms with Crippen LogP contribution in [0.5, 0.6) is 0 Å². The number of para-hydroxylation sites is 2. The fourth-order valence-electron chi connectivity index (χ4n) is 3.04. The maximum Gasteiger partial charge on any atom is 0.244 e. The standard InChI is InChI=1S/C19H20ClN3O2/c1-22(13-18(24)21-14-7-3-2-4-8-14)17-11-12-23(19(17)25)16-10-6-5-9-15(16)20/h2-10,17H,11-13H2,1H3,(H,21,24). The van der Waals surface area contributed by atoms with Gasteiger partial charge in [0.2, 0.25) is 11.8 Å². The van der Waals surface area contributed by atoms with E-state index in [9.17, 15) is 9.59 Å². The topological polar surface area (TPSA) is 52.7 Å². The lowest BCUT2D eigenvalue weighted by atomic mass is 10.2. The van der Waals surface area contributed by atoms with Crippen LogP contribution in [0.25, 0.3) is 0 Å². The van der Waals surface area contributed by atoms with Crippen molar-refractivity contribution in [2.45, 2.75) is 12.5 Å². The van der Waals surface area contributed by atoms with Crippen molar-refractivity contribution in [1.82, 2.24) is 4.90 Å². The van der Waals surface area contributed by atoms with Crippen LogP contribution in [0.2, 0.25) is 5.02 Å². The summed E-state index contributed by atoms with van der Waals surface area (Å²) < 4.78 is 0. The number of nitrogens with zero attached hydrogens (tertiary/aromatic N) is 2. The lowest BCUT2D eigenvalue weighted by Gasteiger charge is -2.23. The lowest BCUT2D eigenvalue weighted by Crippen LogP contribution is -2.43. The Kier molecular flexibility index (Phi) is 5.36. The van der Waals surface area contributed by atoms with Crippen LogP contribution in [0.1, 0.15) is 6.42 Å². The van der Waals surface area contributed by atoms with E-state index in [4.69, 9.17) is 11.6 Å². The minimum atomic E-state index is -0.321. The second-order valence-electron chi connectivity index (χ2n) is 6.08. The summed E-state index contributed by atoms with van der Waals surface area (Å²) in [6.45, 7) is 0.750. The number of carbonyl (C=O) groups excluding carboxylic acids is 2. The SMILES string of the molecule is CN(CC(=O)Nc1ccccc1)C1CCN(c2ccccc2Cl)C1=O. The quantitative estimate of drug-likeness (QED) is 0.895. The Hall–Kier alpha value is -2.37. The number of hydrogen-bond donors (Lipinski definition) is 1. The molecule has 6 heteroatoms. The van der Waals surface area contributed by atoms with Crippen molar-refractivity contribution in [2.75, 3.05) is 30.4 Å². The molecule has 1 atom stereocenters. The predicted octanol–water partition coefficient (Wildman–Crippen LogP) is 3.02. The third kappa shape index (κ3) is 4.00. The number of amides is 2. The first-order valence-electron chi connectivity index (χ1n) is 8.17. The maximum absolute atomic E-state index is 12.7. The van der Waals surface area contributed by atoms with Gasteiger partial charge in [0, 0.05) is 12.2 Å². The Morgan fingerprint density at radius 3 is 2.60 bits per heavy atom. The van der Waals surface area contributed by atoms with E-state index in [2.05, 4.69) is 5.32 Å². The highest BCUT2D eigenvalue weighted by Crippen LogP contribution is 2.30. The van der Waals surface area contributed by atoms with Gasteiger partial charge in [-0.25, -0.2) is 0 Å². The third-order valence-electron chi connectivity index (χ3n) is 4.30. The zero-order valence-electron chi connectivity index (χ0n) is 14.0. The van der Waals surface area contributed by atoms with Gasteiger partial charge in [0.15, 0.2) is 0 Å². The van der Waals surface area contributed by atoms with Gasteiger partial charge in [-0.05, 0) is 37.7 Å². The molecule has 130 valence electrons. The molecule has 25 heavy (non-hydrogen) atoms.